The van der Waals surface area contributed by atoms with Crippen molar-refractivity contribution in [2.75, 3.05) is 77.4 Å². The quantitative estimate of drug-likeness (QED) is 0.555. The van der Waals surface area contributed by atoms with E-state index in [-0.39, 0.29) is 11.7 Å². The van der Waals surface area contributed by atoms with E-state index in [1.165, 1.54) is 18.9 Å². The molecule has 0 atom stereocenters. The molecule has 1 aromatic carbocycles. The van der Waals surface area contributed by atoms with E-state index in [0.717, 1.165) is 84.2 Å². The van der Waals surface area contributed by atoms with Crippen molar-refractivity contribution in [1.29, 1.82) is 0 Å². The summed E-state index contributed by atoms with van der Waals surface area (Å²) in [4.78, 5) is 25.9. The Balaban J connectivity index is 1.16. The lowest BCUT2D eigenvalue weighted by Gasteiger charge is -2.38. The third-order valence-electron chi connectivity index (χ3n) is 7.08. The summed E-state index contributed by atoms with van der Waals surface area (Å²) in [5, 5.41) is 3.49. The Morgan fingerprint density at radius 3 is 2.31 bits per heavy atom. The number of halogens is 1. The summed E-state index contributed by atoms with van der Waals surface area (Å²) in [7, 11) is 1.82. The van der Waals surface area contributed by atoms with Gasteiger partial charge in [0.2, 0.25) is 5.91 Å². The highest BCUT2D eigenvalue weighted by atomic mass is 19.1. The molecule has 3 fully saturated rings. The maximum absolute atomic E-state index is 14.1. The molecule has 1 aromatic rings. The second-order valence-electron chi connectivity index (χ2n) is 9.05. The van der Waals surface area contributed by atoms with Gasteiger partial charge in [-0.2, -0.15) is 0 Å². The number of amides is 1. The van der Waals surface area contributed by atoms with E-state index >= 15 is 0 Å². The molecule has 1 N–H and O–H groups in total. The number of carbonyl (C=O) groups excluding carboxylic acids is 1. The van der Waals surface area contributed by atoms with Crippen LogP contribution in [0.25, 0.3) is 0 Å². The second kappa shape index (κ2) is 11.0. The van der Waals surface area contributed by atoms with E-state index in [4.69, 9.17) is 0 Å². The molecule has 0 aromatic heterocycles. The Morgan fingerprint density at radius 2 is 1.66 bits per heavy atom. The summed E-state index contributed by atoms with van der Waals surface area (Å²) in [6.07, 6.45) is 4.58. The summed E-state index contributed by atoms with van der Waals surface area (Å²) < 4.78 is 14.1. The maximum Gasteiger partial charge on any atom is 0.225 e. The van der Waals surface area contributed by atoms with E-state index < -0.39 is 0 Å². The van der Waals surface area contributed by atoms with Crippen molar-refractivity contribution in [1.82, 2.24) is 20.0 Å². The van der Waals surface area contributed by atoms with Crippen molar-refractivity contribution >= 4 is 17.6 Å². The molecule has 0 unspecified atom stereocenters. The standard InChI is InChI=1S/C24H37FN6O/c1-26-24(31-18-16-29(17-19-31)22-9-5-4-8-21(22)25)27-10-11-28-12-14-30(15-13-28)23(32)20-6-2-3-7-20/h4-5,8-9,20H,2-3,6-7,10-19H2,1H3,(H,26,27). The zero-order chi connectivity index (χ0) is 22.3. The summed E-state index contributed by atoms with van der Waals surface area (Å²) in [6, 6.07) is 6.98. The third-order valence-corrected chi connectivity index (χ3v) is 7.08. The van der Waals surface area contributed by atoms with Gasteiger partial charge in [-0.1, -0.05) is 25.0 Å². The predicted molar refractivity (Wildman–Crippen MR) is 127 cm³/mol. The molecule has 176 valence electrons. The van der Waals surface area contributed by atoms with Crippen LogP contribution >= 0.6 is 0 Å². The molecule has 3 aliphatic rings. The van der Waals surface area contributed by atoms with E-state index in [1.807, 2.05) is 19.2 Å². The highest BCUT2D eigenvalue weighted by Crippen LogP contribution is 2.27. The molecule has 7 nitrogen and oxygen atoms in total. The number of carbonyl (C=O) groups is 1. The molecule has 1 amide bonds. The largest absolute Gasteiger partial charge is 0.366 e. The minimum atomic E-state index is -0.159. The first-order valence-electron chi connectivity index (χ1n) is 12.1. The summed E-state index contributed by atoms with van der Waals surface area (Å²) >= 11 is 0. The Labute approximate surface area is 191 Å². The summed E-state index contributed by atoms with van der Waals surface area (Å²) in [5.74, 6) is 1.42. The van der Waals surface area contributed by atoms with Crippen molar-refractivity contribution in [3.05, 3.63) is 30.1 Å². The molecule has 2 saturated heterocycles. The van der Waals surface area contributed by atoms with Crippen LogP contribution < -0.4 is 10.2 Å². The zero-order valence-electron chi connectivity index (χ0n) is 19.3. The fourth-order valence-corrected chi connectivity index (χ4v) is 5.15. The van der Waals surface area contributed by atoms with Gasteiger partial charge in [-0.3, -0.25) is 14.7 Å². The third kappa shape index (κ3) is 5.52. The van der Waals surface area contributed by atoms with E-state index in [2.05, 4.69) is 29.9 Å². The Morgan fingerprint density at radius 1 is 1.00 bits per heavy atom. The van der Waals surface area contributed by atoms with Crippen LogP contribution in [0.4, 0.5) is 10.1 Å². The monoisotopic (exact) mass is 444 g/mol. The second-order valence-corrected chi connectivity index (χ2v) is 9.05. The van der Waals surface area contributed by atoms with Crippen molar-refractivity contribution < 1.29 is 9.18 Å². The number of nitrogens with zero attached hydrogens (tertiary/aromatic N) is 5. The molecule has 1 saturated carbocycles. The van der Waals surface area contributed by atoms with Crippen molar-refractivity contribution in [2.24, 2.45) is 10.9 Å². The van der Waals surface area contributed by atoms with Crippen molar-refractivity contribution in [2.45, 2.75) is 25.7 Å². The molecular weight excluding hydrogens is 407 g/mol. The van der Waals surface area contributed by atoms with Crippen LogP contribution in [0.15, 0.2) is 29.3 Å². The molecule has 2 aliphatic heterocycles. The normalized spacial score (nSPS) is 21.3. The first-order chi connectivity index (χ1) is 15.7. The number of rotatable bonds is 5. The number of aliphatic imine (C=N–C) groups is 1. The number of hydrogen-bond acceptors (Lipinski definition) is 4. The van der Waals surface area contributed by atoms with Crippen LogP contribution in [0, 0.1) is 11.7 Å². The fourth-order valence-electron chi connectivity index (χ4n) is 5.15. The number of piperazine rings is 2. The maximum atomic E-state index is 14.1. The molecular formula is C24H37FN6O. The Kier molecular flexibility index (Phi) is 7.84. The van der Waals surface area contributed by atoms with Crippen molar-refractivity contribution in [3.63, 3.8) is 0 Å². The Bertz CT molecular complexity index is 780. The van der Waals surface area contributed by atoms with Crippen LogP contribution in [0.5, 0.6) is 0 Å². The van der Waals surface area contributed by atoms with Crippen LogP contribution in [0.1, 0.15) is 25.7 Å². The smallest absolute Gasteiger partial charge is 0.225 e. The molecule has 0 spiro atoms. The average Bonchev–Trinajstić information content (AvgIpc) is 3.38. The Hall–Kier alpha value is -2.35. The van der Waals surface area contributed by atoms with Gasteiger partial charge in [-0.05, 0) is 25.0 Å². The number of benzene rings is 1. The van der Waals surface area contributed by atoms with E-state index in [1.54, 1.807) is 6.07 Å². The average molecular weight is 445 g/mol. The molecule has 2 heterocycles. The van der Waals surface area contributed by atoms with Gasteiger partial charge in [0.1, 0.15) is 5.82 Å². The van der Waals surface area contributed by atoms with Gasteiger partial charge in [0.25, 0.3) is 0 Å². The number of para-hydroxylation sites is 1. The van der Waals surface area contributed by atoms with Gasteiger partial charge >= 0.3 is 0 Å². The van der Waals surface area contributed by atoms with Crippen LogP contribution in [-0.4, -0.2) is 99.1 Å². The van der Waals surface area contributed by atoms with Gasteiger partial charge in [0.15, 0.2) is 5.96 Å². The highest BCUT2D eigenvalue weighted by Gasteiger charge is 2.29. The zero-order valence-corrected chi connectivity index (χ0v) is 19.3. The van der Waals surface area contributed by atoms with E-state index in [9.17, 15) is 9.18 Å². The minimum Gasteiger partial charge on any atom is -0.366 e. The number of hydrogen-bond donors (Lipinski definition) is 1. The van der Waals surface area contributed by atoms with Crippen LogP contribution in [-0.2, 0) is 4.79 Å². The van der Waals surface area contributed by atoms with Gasteiger partial charge in [0, 0.05) is 78.4 Å². The van der Waals surface area contributed by atoms with E-state index in [0.29, 0.717) is 11.6 Å². The molecule has 0 radical (unpaired) electrons. The number of guanidine groups is 1. The van der Waals surface area contributed by atoms with Gasteiger partial charge in [0.05, 0.1) is 5.69 Å². The first-order valence-corrected chi connectivity index (χ1v) is 12.1. The summed E-state index contributed by atoms with van der Waals surface area (Å²) in [6.45, 7) is 8.55. The molecule has 0 bridgehead atoms. The fraction of sp³-hybridized carbons (Fsp3) is 0.667. The summed E-state index contributed by atoms with van der Waals surface area (Å²) in [5.41, 5.74) is 0.681. The number of anilines is 1. The van der Waals surface area contributed by atoms with Crippen LogP contribution in [0.3, 0.4) is 0 Å². The highest BCUT2D eigenvalue weighted by molar-refractivity contribution is 5.80. The van der Waals surface area contributed by atoms with Gasteiger partial charge in [-0.25, -0.2) is 4.39 Å². The lowest BCUT2D eigenvalue weighted by molar-refractivity contribution is -0.137. The molecule has 8 heteroatoms. The predicted octanol–water partition coefficient (Wildman–Crippen LogP) is 1.86. The first kappa shape index (κ1) is 22.8. The lowest BCUT2D eigenvalue weighted by atomic mass is 10.1. The molecule has 4 rings (SSSR count). The number of nitrogens with one attached hydrogen (secondary N) is 1. The van der Waals surface area contributed by atoms with Gasteiger partial charge in [-0.15, -0.1) is 0 Å². The molecule has 1 aliphatic carbocycles. The minimum absolute atomic E-state index is 0.159. The van der Waals surface area contributed by atoms with Gasteiger partial charge < -0.3 is 20.0 Å². The SMILES string of the molecule is CN=C(NCCN1CCN(C(=O)C2CCCC2)CC1)N1CCN(c2ccccc2F)CC1. The van der Waals surface area contributed by atoms with Crippen molar-refractivity contribution in [3.8, 4) is 0 Å². The topological polar surface area (TPSA) is 54.4 Å². The molecule has 32 heavy (non-hydrogen) atoms. The lowest BCUT2D eigenvalue weighted by Crippen LogP contribution is -2.54. The van der Waals surface area contributed by atoms with Crippen LogP contribution in [0.2, 0.25) is 0 Å².